The van der Waals surface area contributed by atoms with E-state index in [1.165, 1.54) is 0 Å². The van der Waals surface area contributed by atoms with E-state index in [4.69, 9.17) is 9.57 Å². The number of benzene rings is 2. The van der Waals surface area contributed by atoms with Crippen LogP contribution in [0.3, 0.4) is 0 Å². The van der Waals surface area contributed by atoms with Gasteiger partial charge in [-0.2, -0.15) is 0 Å². The van der Waals surface area contributed by atoms with Crippen LogP contribution >= 0.6 is 22.6 Å². The Bertz CT molecular complexity index is 672. The van der Waals surface area contributed by atoms with Crippen LogP contribution in [0.4, 0.5) is 5.69 Å². The number of oxime groups is 1. The number of hydrogen-bond acceptors (Lipinski definition) is 4. The third kappa shape index (κ3) is 6.27. The van der Waals surface area contributed by atoms with Crippen molar-refractivity contribution in [2.24, 2.45) is 5.16 Å². The molecule has 2 aromatic rings. The lowest BCUT2D eigenvalue weighted by Crippen LogP contribution is -2.16. The highest BCUT2D eigenvalue weighted by Gasteiger charge is 2.02. The molecular weight excluding hydrogens is 407 g/mol. The standard InChI is InChI=1S/C17H17IN2O3/c1-2-22-16-8-6-13(7-9-16)11-19-23-12-17(21)20-15-5-3-4-14(18)10-15/h3-11H,2,12H2,1H3,(H,20,21)/b19-11+. The van der Waals surface area contributed by atoms with Gasteiger partial charge >= 0.3 is 0 Å². The maximum atomic E-state index is 11.7. The van der Waals surface area contributed by atoms with Gasteiger partial charge in [-0.05, 0) is 77.5 Å². The van der Waals surface area contributed by atoms with E-state index in [0.29, 0.717) is 6.61 Å². The van der Waals surface area contributed by atoms with E-state index in [-0.39, 0.29) is 12.5 Å². The Balaban J connectivity index is 1.76. The average Bonchev–Trinajstić information content (AvgIpc) is 2.53. The van der Waals surface area contributed by atoms with Gasteiger partial charge in [0.05, 0.1) is 12.8 Å². The quantitative estimate of drug-likeness (QED) is 0.419. The summed E-state index contributed by atoms with van der Waals surface area (Å²) in [7, 11) is 0. The van der Waals surface area contributed by atoms with E-state index in [9.17, 15) is 4.79 Å². The molecular formula is C17H17IN2O3. The summed E-state index contributed by atoms with van der Waals surface area (Å²) < 4.78 is 6.40. The smallest absolute Gasteiger partial charge is 0.265 e. The van der Waals surface area contributed by atoms with Crippen LogP contribution in [0.2, 0.25) is 0 Å². The fourth-order valence-corrected chi connectivity index (χ4v) is 2.32. The van der Waals surface area contributed by atoms with E-state index < -0.39 is 0 Å². The van der Waals surface area contributed by atoms with Crippen LogP contribution in [0.15, 0.2) is 53.7 Å². The minimum Gasteiger partial charge on any atom is -0.494 e. The molecule has 0 atom stereocenters. The molecule has 0 aromatic heterocycles. The van der Waals surface area contributed by atoms with E-state index in [1.54, 1.807) is 6.21 Å². The third-order valence-corrected chi connectivity index (χ3v) is 3.44. The lowest BCUT2D eigenvalue weighted by Gasteiger charge is -2.04. The molecule has 23 heavy (non-hydrogen) atoms. The number of ether oxygens (including phenoxy) is 1. The zero-order valence-corrected chi connectivity index (χ0v) is 14.8. The molecule has 1 amide bonds. The number of hydrogen-bond donors (Lipinski definition) is 1. The first-order valence-electron chi connectivity index (χ1n) is 7.11. The zero-order chi connectivity index (χ0) is 16.5. The minimum absolute atomic E-state index is 0.140. The number of halogens is 1. The van der Waals surface area contributed by atoms with Crippen molar-refractivity contribution in [3.63, 3.8) is 0 Å². The van der Waals surface area contributed by atoms with Gasteiger partial charge in [-0.25, -0.2) is 0 Å². The second-order valence-electron chi connectivity index (χ2n) is 4.57. The molecule has 0 bridgehead atoms. The topological polar surface area (TPSA) is 59.9 Å². The van der Waals surface area contributed by atoms with Gasteiger partial charge in [0.25, 0.3) is 5.91 Å². The van der Waals surface area contributed by atoms with Crippen molar-refractivity contribution in [3.8, 4) is 5.75 Å². The highest BCUT2D eigenvalue weighted by Crippen LogP contribution is 2.12. The van der Waals surface area contributed by atoms with Gasteiger partial charge < -0.3 is 14.9 Å². The second-order valence-corrected chi connectivity index (χ2v) is 5.81. The molecule has 0 radical (unpaired) electrons. The van der Waals surface area contributed by atoms with E-state index in [1.807, 2.05) is 55.5 Å². The fraction of sp³-hybridized carbons (Fsp3) is 0.176. The number of nitrogens with zero attached hydrogens (tertiary/aromatic N) is 1. The summed E-state index contributed by atoms with van der Waals surface area (Å²) in [5, 5.41) is 6.53. The summed E-state index contributed by atoms with van der Waals surface area (Å²) in [6.45, 7) is 2.43. The summed E-state index contributed by atoms with van der Waals surface area (Å²) in [5.74, 6) is 0.554. The molecule has 5 nitrogen and oxygen atoms in total. The summed E-state index contributed by atoms with van der Waals surface area (Å²) in [5.41, 5.74) is 1.60. The maximum absolute atomic E-state index is 11.7. The highest BCUT2D eigenvalue weighted by atomic mass is 127. The largest absolute Gasteiger partial charge is 0.494 e. The van der Waals surface area contributed by atoms with E-state index >= 15 is 0 Å². The summed E-state index contributed by atoms with van der Waals surface area (Å²) in [4.78, 5) is 16.7. The molecule has 0 saturated carbocycles. The van der Waals surface area contributed by atoms with E-state index in [0.717, 1.165) is 20.6 Å². The van der Waals surface area contributed by atoms with Crippen LogP contribution in [-0.4, -0.2) is 25.3 Å². The molecule has 2 rings (SSSR count). The molecule has 0 unspecified atom stereocenters. The van der Waals surface area contributed by atoms with Gasteiger partial charge in [0.1, 0.15) is 5.75 Å². The maximum Gasteiger partial charge on any atom is 0.265 e. The average molecular weight is 424 g/mol. The van der Waals surface area contributed by atoms with Crippen molar-refractivity contribution < 1.29 is 14.4 Å². The van der Waals surface area contributed by atoms with Crippen molar-refractivity contribution in [3.05, 3.63) is 57.7 Å². The Morgan fingerprint density at radius 2 is 2.04 bits per heavy atom. The minimum atomic E-state index is -0.254. The Morgan fingerprint density at radius 3 is 2.74 bits per heavy atom. The SMILES string of the molecule is CCOc1ccc(/C=N/OCC(=O)Nc2cccc(I)c2)cc1. The molecule has 1 N–H and O–H groups in total. The lowest BCUT2D eigenvalue weighted by molar-refractivity contribution is -0.120. The molecule has 6 heteroatoms. The first kappa shape index (κ1) is 17.3. The van der Waals surface area contributed by atoms with Crippen molar-refractivity contribution in [1.29, 1.82) is 0 Å². The molecule has 0 aliphatic carbocycles. The van der Waals surface area contributed by atoms with Gasteiger partial charge in [0.15, 0.2) is 6.61 Å². The van der Waals surface area contributed by atoms with Crippen LogP contribution in [0.5, 0.6) is 5.75 Å². The molecule has 0 spiro atoms. The predicted octanol–water partition coefficient (Wildman–Crippen LogP) is 3.68. The van der Waals surface area contributed by atoms with Crippen LogP contribution < -0.4 is 10.1 Å². The number of carbonyl (C=O) groups excluding carboxylic acids is 1. The number of nitrogens with one attached hydrogen (secondary N) is 1. The number of rotatable bonds is 7. The molecule has 120 valence electrons. The van der Waals surface area contributed by atoms with Gasteiger partial charge in [0, 0.05) is 9.26 Å². The molecule has 0 aliphatic rings. The Labute approximate surface area is 148 Å². The number of amides is 1. The monoisotopic (exact) mass is 424 g/mol. The Kier molecular flexibility index (Phi) is 6.86. The number of carbonyl (C=O) groups is 1. The van der Waals surface area contributed by atoms with E-state index in [2.05, 4.69) is 33.1 Å². The first-order valence-corrected chi connectivity index (χ1v) is 8.19. The molecule has 2 aromatic carbocycles. The van der Waals surface area contributed by atoms with Crippen LogP contribution in [0.1, 0.15) is 12.5 Å². The van der Waals surface area contributed by atoms with Crippen LogP contribution in [0, 0.1) is 3.57 Å². The molecule has 0 saturated heterocycles. The summed E-state index contributed by atoms with van der Waals surface area (Å²) in [6.07, 6.45) is 1.55. The van der Waals surface area contributed by atoms with Gasteiger partial charge in [-0.15, -0.1) is 0 Å². The second kappa shape index (κ2) is 9.14. The lowest BCUT2D eigenvalue weighted by atomic mass is 10.2. The predicted molar refractivity (Wildman–Crippen MR) is 98.9 cm³/mol. The molecule has 0 heterocycles. The Hall–Kier alpha value is -2.09. The van der Waals surface area contributed by atoms with Crippen LogP contribution in [0.25, 0.3) is 0 Å². The number of anilines is 1. The van der Waals surface area contributed by atoms with Crippen molar-refractivity contribution in [2.75, 3.05) is 18.5 Å². The zero-order valence-electron chi connectivity index (χ0n) is 12.7. The van der Waals surface area contributed by atoms with Gasteiger partial charge in [-0.3, -0.25) is 4.79 Å². The van der Waals surface area contributed by atoms with Crippen molar-refractivity contribution in [2.45, 2.75) is 6.92 Å². The highest BCUT2D eigenvalue weighted by molar-refractivity contribution is 14.1. The van der Waals surface area contributed by atoms with Crippen molar-refractivity contribution >= 4 is 40.4 Å². The Morgan fingerprint density at radius 1 is 1.26 bits per heavy atom. The van der Waals surface area contributed by atoms with Gasteiger partial charge in [0.2, 0.25) is 0 Å². The fourth-order valence-electron chi connectivity index (χ4n) is 1.77. The summed E-state index contributed by atoms with van der Waals surface area (Å²) >= 11 is 2.19. The van der Waals surface area contributed by atoms with Gasteiger partial charge in [-0.1, -0.05) is 11.2 Å². The van der Waals surface area contributed by atoms with Crippen LogP contribution in [-0.2, 0) is 9.63 Å². The third-order valence-electron chi connectivity index (χ3n) is 2.77. The van der Waals surface area contributed by atoms with Crippen molar-refractivity contribution in [1.82, 2.24) is 0 Å². The normalized spacial score (nSPS) is 10.5. The molecule has 0 aliphatic heterocycles. The molecule has 0 fully saturated rings. The first-order chi connectivity index (χ1) is 11.2. The summed E-state index contributed by atoms with van der Waals surface area (Å²) in [6, 6.07) is 15.0.